The first kappa shape index (κ1) is 24.4. The second-order valence-electron chi connectivity index (χ2n) is 10.8. The van der Waals surface area contributed by atoms with Gasteiger partial charge in [-0.3, -0.25) is 4.57 Å². The molecule has 0 aliphatic heterocycles. The molecule has 2 aromatic heterocycles. The Hall–Kier alpha value is -5.41. The molecular formula is C39H29N3. The van der Waals surface area contributed by atoms with Gasteiger partial charge in [-0.1, -0.05) is 97.9 Å². The monoisotopic (exact) mass is 539 g/mol. The number of imidazole rings is 1. The molecule has 0 fully saturated rings. The van der Waals surface area contributed by atoms with Crippen LogP contribution in [0.15, 0.2) is 146 Å². The summed E-state index contributed by atoms with van der Waals surface area (Å²) in [5.74, 6) is 1.07. The van der Waals surface area contributed by atoms with Gasteiger partial charge in [0.15, 0.2) is 0 Å². The van der Waals surface area contributed by atoms with Gasteiger partial charge in [-0.25, -0.2) is 4.98 Å². The summed E-state index contributed by atoms with van der Waals surface area (Å²) in [5, 5.41) is 2.55. The molecule has 0 spiro atoms. The molecule has 0 aliphatic carbocycles. The lowest BCUT2D eigenvalue weighted by Crippen LogP contribution is -2.00. The zero-order valence-electron chi connectivity index (χ0n) is 23.4. The van der Waals surface area contributed by atoms with E-state index < -0.39 is 0 Å². The first-order valence-electron chi connectivity index (χ1n) is 14.5. The molecule has 0 saturated carbocycles. The quantitative estimate of drug-likeness (QED) is 0.213. The van der Waals surface area contributed by atoms with Crippen molar-refractivity contribution in [1.29, 1.82) is 0 Å². The molecule has 8 rings (SSSR count). The molecule has 8 aromatic rings. The fourth-order valence-electron chi connectivity index (χ4n) is 6.33. The Kier molecular flexibility index (Phi) is 5.75. The Bertz CT molecular complexity index is 2200. The number of rotatable bonds is 5. The van der Waals surface area contributed by atoms with Crippen LogP contribution in [-0.4, -0.2) is 14.1 Å². The maximum atomic E-state index is 4.89. The predicted octanol–water partition coefficient (Wildman–Crippen LogP) is 10.0. The highest BCUT2D eigenvalue weighted by Crippen LogP contribution is 2.34. The predicted molar refractivity (Wildman–Crippen MR) is 176 cm³/mol. The van der Waals surface area contributed by atoms with Crippen molar-refractivity contribution in [2.24, 2.45) is 0 Å². The van der Waals surface area contributed by atoms with E-state index in [0.717, 1.165) is 34.7 Å². The van der Waals surface area contributed by atoms with E-state index in [1.54, 1.807) is 0 Å². The van der Waals surface area contributed by atoms with Gasteiger partial charge in [0, 0.05) is 28.6 Å². The number of nitrogens with zero attached hydrogens (tertiary/aromatic N) is 3. The van der Waals surface area contributed by atoms with Crippen molar-refractivity contribution in [3.05, 3.63) is 151 Å². The third-order valence-corrected chi connectivity index (χ3v) is 8.26. The highest BCUT2D eigenvalue weighted by Gasteiger charge is 2.14. The zero-order chi connectivity index (χ0) is 28.0. The maximum Gasteiger partial charge on any atom is 0.114 e. The van der Waals surface area contributed by atoms with Crippen LogP contribution in [-0.2, 0) is 6.42 Å². The minimum atomic E-state index is 0.872. The largest absolute Gasteiger partial charge is 0.309 e. The molecule has 42 heavy (non-hydrogen) atoms. The molecule has 3 heteroatoms. The van der Waals surface area contributed by atoms with Crippen LogP contribution in [0.4, 0.5) is 0 Å². The molecule has 0 aliphatic rings. The lowest BCUT2D eigenvalue weighted by Gasteiger charge is -2.13. The fourth-order valence-corrected chi connectivity index (χ4v) is 6.33. The van der Waals surface area contributed by atoms with Crippen molar-refractivity contribution in [1.82, 2.24) is 14.1 Å². The minimum Gasteiger partial charge on any atom is -0.309 e. The summed E-state index contributed by atoms with van der Waals surface area (Å²) in [6.45, 7) is 2.17. The lowest BCUT2D eigenvalue weighted by atomic mass is 9.98. The van der Waals surface area contributed by atoms with Crippen LogP contribution >= 0.6 is 0 Å². The third-order valence-electron chi connectivity index (χ3n) is 8.26. The van der Waals surface area contributed by atoms with Gasteiger partial charge in [-0.2, -0.15) is 0 Å². The minimum absolute atomic E-state index is 0.872. The summed E-state index contributed by atoms with van der Waals surface area (Å²) < 4.78 is 4.67. The summed E-state index contributed by atoms with van der Waals surface area (Å²) in [6.07, 6.45) is 0.872. The summed E-state index contributed by atoms with van der Waals surface area (Å²) in [6, 6.07) is 52.3. The van der Waals surface area contributed by atoms with Gasteiger partial charge in [-0.15, -0.1) is 0 Å². The molecule has 0 bridgehead atoms. The van der Waals surface area contributed by atoms with Crippen LogP contribution in [0.5, 0.6) is 0 Å². The molecular weight excluding hydrogens is 510 g/mol. The number of benzene rings is 6. The zero-order valence-corrected chi connectivity index (χ0v) is 23.4. The van der Waals surface area contributed by atoms with Gasteiger partial charge < -0.3 is 4.57 Å². The first-order valence-corrected chi connectivity index (χ1v) is 14.5. The van der Waals surface area contributed by atoms with Gasteiger partial charge in [-0.05, 0) is 76.9 Å². The molecule has 6 aromatic carbocycles. The third kappa shape index (κ3) is 3.93. The highest BCUT2D eigenvalue weighted by molar-refractivity contribution is 6.09. The normalized spacial score (nSPS) is 11.5. The lowest BCUT2D eigenvalue weighted by molar-refractivity contribution is 0.908. The van der Waals surface area contributed by atoms with Crippen molar-refractivity contribution >= 4 is 32.8 Å². The van der Waals surface area contributed by atoms with E-state index >= 15 is 0 Å². The van der Waals surface area contributed by atoms with E-state index in [2.05, 4.69) is 162 Å². The summed E-state index contributed by atoms with van der Waals surface area (Å²) in [5.41, 5.74) is 11.7. The molecule has 2 heterocycles. The van der Waals surface area contributed by atoms with E-state index in [-0.39, 0.29) is 0 Å². The van der Waals surface area contributed by atoms with Crippen LogP contribution < -0.4 is 0 Å². The Morgan fingerprint density at radius 1 is 0.452 bits per heavy atom. The molecule has 0 unspecified atom stereocenters. The van der Waals surface area contributed by atoms with Gasteiger partial charge in [0.1, 0.15) is 5.82 Å². The van der Waals surface area contributed by atoms with Crippen molar-refractivity contribution in [2.45, 2.75) is 13.3 Å². The number of aromatic nitrogens is 3. The second-order valence-corrected chi connectivity index (χ2v) is 10.8. The van der Waals surface area contributed by atoms with Crippen LogP contribution in [0, 0.1) is 0 Å². The standard InChI is InChI=1S/C39H29N3/c1-2-39-40-35-20-5-8-23-38(35)42(39)32-17-11-15-30(26-32)28-13-9-12-27(24-28)29-14-10-16-31(25-29)41-36-21-6-3-18-33(36)34-19-4-7-22-37(34)41/h3-26H,2H2,1H3. The maximum absolute atomic E-state index is 4.89. The topological polar surface area (TPSA) is 22.8 Å². The Labute approximate surface area is 244 Å². The number of aryl methyl sites for hydroxylation is 1. The molecule has 0 N–H and O–H groups in total. The Morgan fingerprint density at radius 3 is 1.52 bits per heavy atom. The Balaban J connectivity index is 1.22. The van der Waals surface area contributed by atoms with E-state index in [1.165, 1.54) is 44.1 Å². The van der Waals surface area contributed by atoms with Crippen LogP contribution in [0.2, 0.25) is 0 Å². The van der Waals surface area contributed by atoms with Crippen molar-refractivity contribution in [3.63, 3.8) is 0 Å². The summed E-state index contributed by atoms with van der Waals surface area (Å²) in [7, 11) is 0. The molecule has 200 valence electrons. The average Bonchev–Trinajstić information content (AvgIpc) is 3.61. The van der Waals surface area contributed by atoms with E-state index in [9.17, 15) is 0 Å². The van der Waals surface area contributed by atoms with Gasteiger partial charge in [0.25, 0.3) is 0 Å². The number of para-hydroxylation sites is 4. The van der Waals surface area contributed by atoms with Gasteiger partial charge in [0.2, 0.25) is 0 Å². The number of hydrogen-bond donors (Lipinski definition) is 0. The molecule has 0 atom stereocenters. The van der Waals surface area contributed by atoms with E-state index in [4.69, 9.17) is 4.98 Å². The number of fused-ring (bicyclic) bond motifs is 4. The van der Waals surface area contributed by atoms with Gasteiger partial charge in [0.05, 0.1) is 22.1 Å². The summed E-state index contributed by atoms with van der Waals surface area (Å²) >= 11 is 0. The highest BCUT2D eigenvalue weighted by atomic mass is 15.1. The fraction of sp³-hybridized carbons (Fsp3) is 0.0513. The molecule has 0 saturated heterocycles. The average molecular weight is 540 g/mol. The molecule has 3 nitrogen and oxygen atoms in total. The van der Waals surface area contributed by atoms with Crippen LogP contribution in [0.3, 0.4) is 0 Å². The van der Waals surface area contributed by atoms with Crippen molar-refractivity contribution < 1.29 is 0 Å². The van der Waals surface area contributed by atoms with E-state index in [0.29, 0.717) is 0 Å². The summed E-state index contributed by atoms with van der Waals surface area (Å²) in [4.78, 5) is 4.89. The molecule has 0 radical (unpaired) electrons. The smallest absolute Gasteiger partial charge is 0.114 e. The SMILES string of the molecule is CCc1nc2ccccc2n1-c1cccc(-c2cccc(-c3cccc(-n4c5ccccc5c5ccccc54)c3)c2)c1. The van der Waals surface area contributed by atoms with Crippen LogP contribution in [0.1, 0.15) is 12.7 Å². The van der Waals surface area contributed by atoms with Crippen molar-refractivity contribution in [2.75, 3.05) is 0 Å². The van der Waals surface area contributed by atoms with Crippen molar-refractivity contribution in [3.8, 4) is 33.6 Å². The van der Waals surface area contributed by atoms with Gasteiger partial charge >= 0.3 is 0 Å². The number of hydrogen-bond acceptors (Lipinski definition) is 1. The van der Waals surface area contributed by atoms with E-state index in [1.807, 2.05) is 0 Å². The molecule has 0 amide bonds. The van der Waals surface area contributed by atoms with Crippen LogP contribution in [0.25, 0.3) is 66.5 Å². The first-order chi connectivity index (χ1) is 20.8. The Morgan fingerprint density at radius 2 is 0.929 bits per heavy atom. The second kappa shape index (κ2) is 9.90.